The molecule has 0 aromatic heterocycles. The van der Waals surface area contributed by atoms with E-state index in [1.54, 1.807) is 0 Å². The van der Waals surface area contributed by atoms with Gasteiger partial charge in [0.1, 0.15) is 18.3 Å². The molecule has 4 aliphatic heterocycles. The third-order valence-corrected chi connectivity index (χ3v) is 6.95. The zero-order valence-electron chi connectivity index (χ0n) is 18.3. The van der Waals surface area contributed by atoms with Crippen LogP contribution in [-0.2, 0) is 33.2 Å². The highest BCUT2D eigenvalue weighted by Crippen LogP contribution is 2.59. The molecule has 31 heavy (non-hydrogen) atoms. The molecule has 6 rings (SSSR count). The first kappa shape index (κ1) is 20.0. The number of ketones is 1. The van der Waals surface area contributed by atoms with Gasteiger partial charge in [0.15, 0.2) is 29.2 Å². The second-order valence-electron chi connectivity index (χ2n) is 9.93. The lowest BCUT2D eigenvalue weighted by Gasteiger charge is -2.38. The highest BCUT2D eigenvalue weighted by Gasteiger charge is 2.72. The van der Waals surface area contributed by atoms with Crippen molar-refractivity contribution in [2.45, 2.75) is 75.9 Å². The molecule has 1 aromatic carbocycles. The second kappa shape index (κ2) is 6.47. The topological polar surface area (TPSA) is 72.5 Å². The van der Waals surface area contributed by atoms with Crippen molar-refractivity contribution in [2.75, 3.05) is 13.2 Å². The normalized spacial score (nSPS) is 42.6. The Balaban J connectivity index is 1.52. The van der Waals surface area contributed by atoms with E-state index in [2.05, 4.69) is 0 Å². The summed E-state index contributed by atoms with van der Waals surface area (Å²) in [5, 5.41) is 0. The van der Waals surface area contributed by atoms with Gasteiger partial charge in [0.05, 0.1) is 13.2 Å². The van der Waals surface area contributed by atoms with Gasteiger partial charge in [-0.3, -0.25) is 4.79 Å². The van der Waals surface area contributed by atoms with E-state index in [1.165, 1.54) is 0 Å². The van der Waals surface area contributed by atoms with Crippen molar-refractivity contribution in [1.82, 2.24) is 0 Å². The Morgan fingerprint density at radius 1 is 0.871 bits per heavy atom. The smallest absolute Gasteiger partial charge is 0.191 e. The quantitative estimate of drug-likeness (QED) is 0.717. The van der Waals surface area contributed by atoms with E-state index in [1.807, 2.05) is 58.0 Å². The Labute approximate surface area is 181 Å². The fourth-order valence-corrected chi connectivity index (χ4v) is 5.90. The van der Waals surface area contributed by atoms with Crippen LogP contribution in [0.2, 0.25) is 0 Å². The summed E-state index contributed by atoms with van der Waals surface area (Å²) in [4.78, 5) is 13.2. The van der Waals surface area contributed by atoms with E-state index in [0.717, 1.165) is 16.7 Å². The number of carbonyl (C=O) groups is 1. The van der Waals surface area contributed by atoms with E-state index in [-0.39, 0.29) is 17.8 Å². The molecule has 4 saturated heterocycles. The molecule has 4 heterocycles. The molecule has 1 aromatic rings. The fourth-order valence-electron chi connectivity index (χ4n) is 5.90. The predicted octanol–water partition coefficient (Wildman–Crippen LogP) is 2.83. The van der Waals surface area contributed by atoms with E-state index in [4.69, 9.17) is 28.4 Å². The molecule has 4 fully saturated rings. The number of carbonyl (C=O) groups excluding carboxylic acids is 1. The molecular weight excluding hydrogens is 400 g/mol. The maximum Gasteiger partial charge on any atom is 0.191 e. The highest BCUT2D eigenvalue weighted by molar-refractivity contribution is 6.24. The molecule has 6 atom stereocenters. The van der Waals surface area contributed by atoms with Crippen molar-refractivity contribution in [3.63, 3.8) is 0 Å². The van der Waals surface area contributed by atoms with Crippen molar-refractivity contribution in [2.24, 2.45) is 5.92 Å². The van der Waals surface area contributed by atoms with Crippen LogP contribution >= 0.6 is 0 Å². The van der Waals surface area contributed by atoms with Crippen molar-refractivity contribution in [1.29, 1.82) is 0 Å². The van der Waals surface area contributed by atoms with Crippen LogP contribution in [-0.4, -0.2) is 60.8 Å². The van der Waals surface area contributed by atoms with Crippen LogP contribution in [0.3, 0.4) is 0 Å². The minimum atomic E-state index is -0.963. The first-order valence-electron chi connectivity index (χ1n) is 11.0. The van der Waals surface area contributed by atoms with Gasteiger partial charge in [-0.25, -0.2) is 0 Å². The molecule has 1 spiro atoms. The van der Waals surface area contributed by atoms with Gasteiger partial charge in [-0.1, -0.05) is 30.3 Å². The van der Waals surface area contributed by atoms with Gasteiger partial charge in [0.2, 0.25) is 0 Å². The van der Waals surface area contributed by atoms with Gasteiger partial charge in [-0.05, 0) is 38.8 Å². The average Bonchev–Trinajstić information content (AvgIpc) is 3.46. The summed E-state index contributed by atoms with van der Waals surface area (Å²) in [6.45, 7) is 8.33. The monoisotopic (exact) mass is 428 g/mol. The van der Waals surface area contributed by atoms with Crippen LogP contribution in [0, 0.1) is 5.92 Å². The van der Waals surface area contributed by atoms with Crippen molar-refractivity contribution in [3.8, 4) is 0 Å². The number of benzene rings is 1. The van der Waals surface area contributed by atoms with Gasteiger partial charge < -0.3 is 28.4 Å². The predicted molar refractivity (Wildman–Crippen MR) is 109 cm³/mol. The number of hydrogen-bond donors (Lipinski definition) is 0. The van der Waals surface area contributed by atoms with Crippen LogP contribution in [0.4, 0.5) is 0 Å². The zero-order valence-corrected chi connectivity index (χ0v) is 18.3. The van der Waals surface area contributed by atoms with Crippen LogP contribution in [0.15, 0.2) is 35.9 Å². The average molecular weight is 428 g/mol. The lowest BCUT2D eigenvalue weighted by atomic mass is 9.78. The number of hydrogen-bond acceptors (Lipinski definition) is 7. The Bertz CT molecular complexity index is 952. The van der Waals surface area contributed by atoms with Gasteiger partial charge >= 0.3 is 0 Å². The van der Waals surface area contributed by atoms with Gasteiger partial charge in [-0.15, -0.1) is 0 Å². The summed E-state index contributed by atoms with van der Waals surface area (Å²) in [6.07, 6.45) is -1.54. The summed E-state index contributed by atoms with van der Waals surface area (Å²) in [6, 6.07) is 9.81. The summed E-state index contributed by atoms with van der Waals surface area (Å²) in [5.74, 6) is -1.39. The molecule has 0 bridgehead atoms. The first-order valence-corrected chi connectivity index (χ1v) is 11.0. The molecule has 0 radical (unpaired) electrons. The molecule has 7 nitrogen and oxygen atoms in total. The molecule has 7 heteroatoms. The molecule has 5 aliphatic rings. The second-order valence-corrected chi connectivity index (χ2v) is 9.93. The van der Waals surface area contributed by atoms with E-state index in [0.29, 0.717) is 19.6 Å². The Hall–Kier alpha value is -1.61. The maximum absolute atomic E-state index is 13.2. The van der Waals surface area contributed by atoms with Gasteiger partial charge in [0, 0.05) is 17.9 Å². The molecule has 1 aliphatic carbocycles. The number of rotatable bonds is 2. The maximum atomic E-state index is 13.2. The molecule has 0 unspecified atom stereocenters. The Kier molecular flexibility index (Phi) is 4.18. The van der Waals surface area contributed by atoms with Crippen LogP contribution in [0.5, 0.6) is 0 Å². The molecule has 0 saturated carbocycles. The summed E-state index contributed by atoms with van der Waals surface area (Å²) in [5.41, 5.74) is 1.63. The summed E-state index contributed by atoms with van der Waals surface area (Å²) in [7, 11) is 0. The molecule has 0 amide bonds. The largest absolute Gasteiger partial charge is 0.364 e. The minimum Gasteiger partial charge on any atom is -0.364 e. The molecule has 166 valence electrons. The lowest BCUT2D eigenvalue weighted by Crippen LogP contribution is -2.55. The molecular formula is C24H28O7. The highest BCUT2D eigenvalue weighted by atomic mass is 16.9. The minimum absolute atomic E-state index is 0.00444. The van der Waals surface area contributed by atoms with Gasteiger partial charge in [0.25, 0.3) is 0 Å². The summed E-state index contributed by atoms with van der Waals surface area (Å²) >= 11 is 0. The van der Waals surface area contributed by atoms with Crippen LogP contribution in [0.1, 0.15) is 39.7 Å². The standard InChI is InChI=1S/C24H28O7/c1-22(2)26-12-16(29-22)19-24(20-21(28-19)31-23(3,4)30-20)18-14(11-27-24)10-15(25)17(18)13-8-6-5-7-9-13/h5-9,14,16,19-21H,10-12H2,1-4H3/t14-,16-,19-,20+,21-,24-/m1/s1. The number of ether oxygens (including phenoxy) is 6. The fraction of sp³-hybridized carbons (Fsp3) is 0.625. The summed E-state index contributed by atoms with van der Waals surface area (Å²) < 4.78 is 37.5. The Morgan fingerprint density at radius 3 is 2.35 bits per heavy atom. The molecule has 0 N–H and O–H groups in total. The zero-order chi connectivity index (χ0) is 21.6. The third kappa shape index (κ3) is 2.84. The SMILES string of the molecule is CC1(C)OC[C@H]([C@H]2O[C@@H]3OC(C)(C)O[C@@H]3[C@]23OC[C@H]2CC(=O)C(c4ccccc4)=C23)O1. The number of fused-ring (bicyclic) bond motifs is 4. The van der Waals surface area contributed by atoms with E-state index in [9.17, 15) is 4.79 Å². The van der Waals surface area contributed by atoms with Crippen LogP contribution < -0.4 is 0 Å². The van der Waals surface area contributed by atoms with E-state index < -0.39 is 35.7 Å². The lowest BCUT2D eigenvalue weighted by molar-refractivity contribution is -0.244. The van der Waals surface area contributed by atoms with Crippen molar-refractivity contribution >= 4 is 11.4 Å². The van der Waals surface area contributed by atoms with E-state index >= 15 is 0 Å². The number of Topliss-reactive ketones (excluding diaryl/α,β-unsaturated/α-hetero) is 1. The first-order chi connectivity index (χ1) is 14.7. The van der Waals surface area contributed by atoms with Crippen LogP contribution in [0.25, 0.3) is 5.57 Å². The number of allylic oxidation sites excluding steroid dienone is 1. The van der Waals surface area contributed by atoms with Crippen molar-refractivity contribution < 1.29 is 33.2 Å². The third-order valence-electron chi connectivity index (χ3n) is 6.95. The van der Waals surface area contributed by atoms with Gasteiger partial charge in [-0.2, -0.15) is 0 Å². The van der Waals surface area contributed by atoms with Crippen molar-refractivity contribution in [3.05, 3.63) is 41.5 Å². The Morgan fingerprint density at radius 2 is 1.65 bits per heavy atom.